The van der Waals surface area contributed by atoms with Crippen molar-refractivity contribution in [2.45, 2.75) is 78.2 Å². The highest BCUT2D eigenvalue weighted by atomic mass is 16.3. The Morgan fingerprint density at radius 2 is 1.50 bits per heavy atom. The van der Waals surface area contributed by atoms with E-state index in [1.807, 2.05) is 0 Å². The van der Waals surface area contributed by atoms with Crippen molar-refractivity contribution in [2.24, 2.45) is 5.92 Å². The highest BCUT2D eigenvalue weighted by Crippen LogP contribution is 2.17. The fraction of sp³-hybridized carbons (Fsp3) is 1.00. The van der Waals surface area contributed by atoms with Crippen LogP contribution < -0.4 is 0 Å². The molecule has 0 aliphatic carbocycles. The lowest BCUT2D eigenvalue weighted by Crippen LogP contribution is -2.16. The molecule has 0 spiro atoms. The quantitative estimate of drug-likeness (QED) is 0.554. The largest absolute Gasteiger partial charge is 0.393 e. The number of hydrogen-bond acceptors (Lipinski definition) is 1. The third-order valence-electron chi connectivity index (χ3n) is 3.00. The van der Waals surface area contributed by atoms with Crippen LogP contribution in [0, 0.1) is 5.92 Å². The maximum atomic E-state index is 9.72. The molecule has 1 heteroatoms. The van der Waals surface area contributed by atoms with Gasteiger partial charge in [0.15, 0.2) is 0 Å². The van der Waals surface area contributed by atoms with Crippen LogP contribution in [0.1, 0.15) is 72.1 Å². The molecular weight excluding hydrogens is 172 g/mol. The third kappa shape index (κ3) is 7.37. The van der Waals surface area contributed by atoms with E-state index >= 15 is 0 Å². The Balaban J connectivity index is 3.29. The van der Waals surface area contributed by atoms with Gasteiger partial charge in [-0.1, -0.05) is 59.3 Å². The van der Waals surface area contributed by atoms with E-state index in [2.05, 4.69) is 20.8 Å². The van der Waals surface area contributed by atoms with E-state index in [4.69, 9.17) is 0 Å². The van der Waals surface area contributed by atoms with Crippen LogP contribution in [0.15, 0.2) is 0 Å². The first-order valence-corrected chi connectivity index (χ1v) is 6.40. The SMILES string of the molecule is CCCCCCCC(C)C(O)CCC. The molecule has 0 aliphatic heterocycles. The summed E-state index contributed by atoms with van der Waals surface area (Å²) in [4.78, 5) is 0. The average Bonchev–Trinajstić information content (AvgIpc) is 2.17. The molecule has 0 aromatic rings. The molecule has 0 bridgehead atoms. The predicted octanol–water partition coefficient (Wildman–Crippen LogP) is 4.14. The molecule has 0 saturated carbocycles. The van der Waals surface area contributed by atoms with Gasteiger partial charge in [-0.15, -0.1) is 0 Å². The first-order valence-electron chi connectivity index (χ1n) is 6.40. The summed E-state index contributed by atoms with van der Waals surface area (Å²) in [7, 11) is 0. The van der Waals surface area contributed by atoms with Crippen molar-refractivity contribution in [3.63, 3.8) is 0 Å². The van der Waals surface area contributed by atoms with Gasteiger partial charge in [-0.2, -0.15) is 0 Å². The first kappa shape index (κ1) is 14.0. The second kappa shape index (κ2) is 9.51. The zero-order valence-corrected chi connectivity index (χ0v) is 10.3. The number of unbranched alkanes of at least 4 members (excludes halogenated alkanes) is 4. The maximum absolute atomic E-state index is 9.72. The lowest BCUT2D eigenvalue weighted by Gasteiger charge is -2.17. The minimum absolute atomic E-state index is 0.0637. The van der Waals surface area contributed by atoms with Crippen molar-refractivity contribution in [3.05, 3.63) is 0 Å². The normalized spacial score (nSPS) is 15.4. The van der Waals surface area contributed by atoms with Gasteiger partial charge in [-0.25, -0.2) is 0 Å². The van der Waals surface area contributed by atoms with E-state index in [0.29, 0.717) is 5.92 Å². The van der Waals surface area contributed by atoms with Gasteiger partial charge in [0.05, 0.1) is 6.10 Å². The Labute approximate surface area is 89.9 Å². The molecular formula is C13H28O. The summed E-state index contributed by atoms with van der Waals surface area (Å²) < 4.78 is 0. The van der Waals surface area contributed by atoms with Gasteiger partial charge in [-0.05, 0) is 18.8 Å². The lowest BCUT2D eigenvalue weighted by atomic mass is 9.94. The molecule has 2 atom stereocenters. The Bertz CT molecular complexity index is 112. The van der Waals surface area contributed by atoms with Crippen molar-refractivity contribution in [3.8, 4) is 0 Å². The van der Waals surface area contributed by atoms with Crippen molar-refractivity contribution in [2.75, 3.05) is 0 Å². The van der Waals surface area contributed by atoms with Gasteiger partial charge in [0.1, 0.15) is 0 Å². The molecule has 0 rings (SSSR count). The van der Waals surface area contributed by atoms with Crippen LogP contribution in [0.25, 0.3) is 0 Å². The molecule has 1 nitrogen and oxygen atoms in total. The third-order valence-corrected chi connectivity index (χ3v) is 3.00. The first-order chi connectivity index (χ1) is 6.72. The summed E-state index contributed by atoms with van der Waals surface area (Å²) in [6, 6.07) is 0. The number of rotatable bonds is 9. The highest BCUT2D eigenvalue weighted by Gasteiger charge is 2.11. The standard InChI is InChI=1S/C13H28O/c1-4-6-7-8-9-11-12(3)13(14)10-5-2/h12-14H,4-11H2,1-3H3. The molecule has 2 unspecified atom stereocenters. The molecule has 0 radical (unpaired) electrons. The fourth-order valence-corrected chi connectivity index (χ4v) is 1.84. The van der Waals surface area contributed by atoms with Crippen LogP contribution in [0.3, 0.4) is 0 Å². The smallest absolute Gasteiger partial charge is 0.0565 e. The number of aliphatic hydroxyl groups excluding tert-OH is 1. The minimum atomic E-state index is -0.0637. The van der Waals surface area contributed by atoms with E-state index in [1.54, 1.807) is 0 Å². The van der Waals surface area contributed by atoms with Crippen molar-refractivity contribution in [1.82, 2.24) is 0 Å². The fourth-order valence-electron chi connectivity index (χ4n) is 1.84. The summed E-state index contributed by atoms with van der Waals surface area (Å²) in [5, 5.41) is 9.72. The minimum Gasteiger partial charge on any atom is -0.393 e. The topological polar surface area (TPSA) is 20.2 Å². The monoisotopic (exact) mass is 200 g/mol. The molecule has 0 heterocycles. The van der Waals surface area contributed by atoms with Crippen LogP contribution in [0.2, 0.25) is 0 Å². The Kier molecular flexibility index (Phi) is 9.49. The van der Waals surface area contributed by atoms with Gasteiger partial charge in [0.2, 0.25) is 0 Å². The molecule has 0 aliphatic rings. The van der Waals surface area contributed by atoms with E-state index in [0.717, 1.165) is 12.8 Å². The second-order valence-corrected chi connectivity index (χ2v) is 4.54. The Morgan fingerprint density at radius 1 is 0.857 bits per heavy atom. The molecule has 0 fully saturated rings. The summed E-state index contributed by atoms with van der Waals surface area (Å²) >= 11 is 0. The van der Waals surface area contributed by atoms with Crippen molar-refractivity contribution < 1.29 is 5.11 Å². The second-order valence-electron chi connectivity index (χ2n) is 4.54. The predicted molar refractivity (Wildman–Crippen MR) is 63.5 cm³/mol. The molecule has 86 valence electrons. The zero-order chi connectivity index (χ0) is 10.8. The van der Waals surface area contributed by atoms with Crippen LogP contribution in [-0.2, 0) is 0 Å². The summed E-state index contributed by atoms with van der Waals surface area (Å²) in [5.41, 5.74) is 0. The summed E-state index contributed by atoms with van der Waals surface area (Å²) in [6.45, 7) is 6.56. The summed E-state index contributed by atoms with van der Waals surface area (Å²) in [5.74, 6) is 0.497. The van der Waals surface area contributed by atoms with Gasteiger partial charge in [0.25, 0.3) is 0 Å². The Hall–Kier alpha value is -0.0400. The highest BCUT2D eigenvalue weighted by molar-refractivity contribution is 4.63. The van der Waals surface area contributed by atoms with Crippen LogP contribution >= 0.6 is 0 Å². The number of aliphatic hydroxyl groups is 1. The molecule has 0 saturated heterocycles. The Morgan fingerprint density at radius 3 is 2.07 bits per heavy atom. The van der Waals surface area contributed by atoms with Crippen LogP contribution in [0.5, 0.6) is 0 Å². The zero-order valence-electron chi connectivity index (χ0n) is 10.3. The molecule has 14 heavy (non-hydrogen) atoms. The molecule has 0 aromatic heterocycles. The van der Waals surface area contributed by atoms with Gasteiger partial charge >= 0.3 is 0 Å². The molecule has 0 aromatic carbocycles. The van der Waals surface area contributed by atoms with E-state index in [1.165, 1.54) is 38.5 Å². The average molecular weight is 200 g/mol. The lowest BCUT2D eigenvalue weighted by molar-refractivity contribution is 0.101. The van der Waals surface area contributed by atoms with Gasteiger partial charge < -0.3 is 5.11 Å². The van der Waals surface area contributed by atoms with Crippen LogP contribution in [-0.4, -0.2) is 11.2 Å². The summed E-state index contributed by atoms with van der Waals surface area (Å²) in [6.07, 6.45) is 9.89. The van der Waals surface area contributed by atoms with Gasteiger partial charge in [0, 0.05) is 0 Å². The van der Waals surface area contributed by atoms with E-state index < -0.39 is 0 Å². The van der Waals surface area contributed by atoms with E-state index in [-0.39, 0.29) is 6.10 Å². The van der Waals surface area contributed by atoms with E-state index in [9.17, 15) is 5.11 Å². The van der Waals surface area contributed by atoms with Crippen molar-refractivity contribution in [1.29, 1.82) is 0 Å². The molecule has 1 N–H and O–H groups in total. The van der Waals surface area contributed by atoms with Gasteiger partial charge in [-0.3, -0.25) is 0 Å². The maximum Gasteiger partial charge on any atom is 0.0565 e. The van der Waals surface area contributed by atoms with Crippen molar-refractivity contribution >= 4 is 0 Å². The number of hydrogen-bond donors (Lipinski definition) is 1. The van der Waals surface area contributed by atoms with Crippen LogP contribution in [0.4, 0.5) is 0 Å². The molecule has 0 amide bonds.